The number of carboxylic acids is 1. The van der Waals surface area contributed by atoms with Gasteiger partial charge < -0.3 is 10.4 Å². The van der Waals surface area contributed by atoms with Crippen LogP contribution in [0.5, 0.6) is 0 Å². The van der Waals surface area contributed by atoms with Gasteiger partial charge in [-0.2, -0.15) is 0 Å². The summed E-state index contributed by atoms with van der Waals surface area (Å²) < 4.78 is 0. The number of carboxylic acid groups (broad SMARTS) is 1. The third-order valence-corrected chi connectivity index (χ3v) is 5.11. The van der Waals surface area contributed by atoms with Gasteiger partial charge in [0.1, 0.15) is 22.5 Å². The van der Waals surface area contributed by atoms with Gasteiger partial charge in [0.05, 0.1) is 5.39 Å². The maximum absolute atomic E-state index is 11.5. The molecule has 3 aromatic rings. The van der Waals surface area contributed by atoms with Gasteiger partial charge in [-0.25, -0.2) is 14.8 Å². The van der Waals surface area contributed by atoms with Crippen molar-refractivity contribution in [2.75, 3.05) is 5.32 Å². The molecule has 0 atom stereocenters. The summed E-state index contributed by atoms with van der Waals surface area (Å²) >= 11 is 1.53. The molecule has 0 unspecified atom stereocenters. The second kappa shape index (κ2) is 6.44. The number of nitrogens with zero attached hydrogens (tertiary/aromatic N) is 2. The molecule has 2 aromatic heterocycles. The monoisotopic (exact) mass is 355 g/mol. The molecule has 3 rings (SSSR count). The second-order valence-electron chi connectivity index (χ2n) is 6.88. The zero-order chi connectivity index (χ0) is 18.2. The standard InChI is InChI=1S/C19H21N3O2S/c1-11(2)12-5-7-13(8-6-12)14-9-25-17-15(14)16(20-10-21-17)22-19(3,4)18(23)24/h5-11H,1-4H3,(H,23,24)(H,20,21,22). The first kappa shape index (κ1) is 17.4. The summed E-state index contributed by atoms with van der Waals surface area (Å²) in [7, 11) is 0. The fourth-order valence-corrected chi connectivity index (χ4v) is 3.50. The molecule has 0 saturated carbocycles. The van der Waals surface area contributed by atoms with Gasteiger partial charge in [0.25, 0.3) is 0 Å². The number of aromatic nitrogens is 2. The fourth-order valence-electron chi connectivity index (χ4n) is 2.58. The van der Waals surface area contributed by atoms with Crippen molar-refractivity contribution >= 4 is 33.3 Å². The van der Waals surface area contributed by atoms with E-state index in [0.29, 0.717) is 11.7 Å². The van der Waals surface area contributed by atoms with E-state index < -0.39 is 11.5 Å². The smallest absolute Gasteiger partial charge is 0.328 e. The van der Waals surface area contributed by atoms with E-state index in [4.69, 9.17) is 0 Å². The van der Waals surface area contributed by atoms with Gasteiger partial charge in [-0.05, 0) is 30.9 Å². The van der Waals surface area contributed by atoms with Crippen LogP contribution >= 0.6 is 11.3 Å². The van der Waals surface area contributed by atoms with Gasteiger partial charge in [-0.15, -0.1) is 11.3 Å². The lowest BCUT2D eigenvalue weighted by Gasteiger charge is -2.22. The summed E-state index contributed by atoms with van der Waals surface area (Å²) in [6, 6.07) is 8.44. The number of nitrogens with one attached hydrogen (secondary N) is 1. The molecular formula is C19H21N3O2S. The molecule has 6 heteroatoms. The number of rotatable bonds is 5. The van der Waals surface area contributed by atoms with Crippen molar-refractivity contribution < 1.29 is 9.90 Å². The van der Waals surface area contributed by atoms with Crippen LogP contribution in [0.1, 0.15) is 39.2 Å². The van der Waals surface area contributed by atoms with Gasteiger partial charge in [-0.3, -0.25) is 0 Å². The number of carbonyl (C=O) groups is 1. The van der Waals surface area contributed by atoms with E-state index in [9.17, 15) is 9.90 Å². The van der Waals surface area contributed by atoms with Crippen LogP contribution in [0, 0.1) is 0 Å². The minimum absolute atomic E-state index is 0.477. The summed E-state index contributed by atoms with van der Waals surface area (Å²) in [6.07, 6.45) is 1.46. The van der Waals surface area contributed by atoms with Crippen molar-refractivity contribution in [1.82, 2.24) is 9.97 Å². The normalized spacial score (nSPS) is 11.9. The molecule has 1 aromatic carbocycles. The lowest BCUT2D eigenvalue weighted by molar-refractivity contribution is -0.141. The van der Waals surface area contributed by atoms with E-state index in [1.165, 1.54) is 23.2 Å². The van der Waals surface area contributed by atoms with E-state index in [0.717, 1.165) is 21.3 Å². The topological polar surface area (TPSA) is 75.1 Å². The first-order valence-electron chi connectivity index (χ1n) is 8.13. The van der Waals surface area contributed by atoms with Crippen LogP contribution in [-0.2, 0) is 4.79 Å². The molecule has 130 valence electrons. The Morgan fingerprint density at radius 1 is 1.20 bits per heavy atom. The lowest BCUT2D eigenvalue weighted by Crippen LogP contribution is -2.40. The molecule has 0 radical (unpaired) electrons. The molecule has 0 saturated heterocycles. The highest BCUT2D eigenvalue weighted by Crippen LogP contribution is 2.37. The summed E-state index contributed by atoms with van der Waals surface area (Å²) in [5, 5.41) is 15.3. The number of hydrogen-bond acceptors (Lipinski definition) is 5. The molecule has 2 heterocycles. The van der Waals surface area contributed by atoms with Crippen LogP contribution in [-0.4, -0.2) is 26.6 Å². The molecule has 0 aliphatic heterocycles. The number of aliphatic carboxylic acids is 1. The Hall–Kier alpha value is -2.47. The Bertz CT molecular complexity index is 914. The zero-order valence-electron chi connectivity index (χ0n) is 14.7. The number of fused-ring (bicyclic) bond motifs is 1. The first-order valence-corrected chi connectivity index (χ1v) is 9.01. The molecule has 0 aliphatic carbocycles. The number of thiophene rings is 1. The second-order valence-corrected chi connectivity index (χ2v) is 7.74. The van der Waals surface area contributed by atoms with E-state index in [2.05, 4.69) is 53.4 Å². The Labute approximate surface area is 150 Å². The fraction of sp³-hybridized carbons (Fsp3) is 0.316. The summed E-state index contributed by atoms with van der Waals surface area (Å²) in [5.74, 6) is 0.0871. The Balaban J connectivity index is 2.09. The Kier molecular flexibility index (Phi) is 4.47. The average molecular weight is 355 g/mol. The molecular weight excluding hydrogens is 334 g/mol. The largest absolute Gasteiger partial charge is 0.480 e. The highest BCUT2D eigenvalue weighted by Gasteiger charge is 2.28. The van der Waals surface area contributed by atoms with Gasteiger partial charge in [0.2, 0.25) is 0 Å². The number of anilines is 1. The van der Waals surface area contributed by atoms with Crippen LogP contribution in [0.3, 0.4) is 0 Å². The highest BCUT2D eigenvalue weighted by molar-refractivity contribution is 7.17. The Morgan fingerprint density at radius 3 is 2.48 bits per heavy atom. The van der Waals surface area contributed by atoms with Crippen molar-refractivity contribution in [1.29, 1.82) is 0 Å². The summed E-state index contributed by atoms with van der Waals surface area (Å²) in [4.78, 5) is 20.9. The summed E-state index contributed by atoms with van der Waals surface area (Å²) in [6.45, 7) is 7.57. The van der Waals surface area contributed by atoms with E-state index in [-0.39, 0.29) is 0 Å². The van der Waals surface area contributed by atoms with Crippen LogP contribution < -0.4 is 5.32 Å². The van der Waals surface area contributed by atoms with E-state index in [1.807, 2.05) is 5.38 Å². The quantitative estimate of drug-likeness (QED) is 0.690. The minimum atomic E-state index is -1.12. The van der Waals surface area contributed by atoms with Crippen molar-refractivity contribution in [2.24, 2.45) is 0 Å². The summed E-state index contributed by atoms with van der Waals surface area (Å²) in [5.41, 5.74) is 2.24. The average Bonchev–Trinajstić information content (AvgIpc) is 2.99. The van der Waals surface area contributed by atoms with Crippen molar-refractivity contribution in [3.8, 4) is 11.1 Å². The third-order valence-electron chi connectivity index (χ3n) is 4.22. The molecule has 0 spiro atoms. The molecule has 0 aliphatic rings. The van der Waals surface area contributed by atoms with Gasteiger partial charge in [-0.1, -0.05) is 38.1 Å². The predicted octanol–water partition coefficient (Wildman–Crippen LogP) is 4.76. The van der Waals surface area contributed by atoms with Gasteiger partial charge in [0.15, 0.2) is 0 Å². The predicted molar refractivity (Wildman–Crippen MR) is 102 cm³/mol. The maximum atomic E-state index is 11.5. The molecule has 0 bridgehead atoms. The van der Waals surface area contributed by atoms with E-state index in [1.54, 1.807) is 13.8 Å². The molecule has 2 N–H and O–H groups in total. The lowest BCUT2D eigenvalue weighted by atomic mass is 9.98. The minimum Gasteiger partial charge on any atom is -0.480 e. The SMILES string of the molecule is CC(C)c1ccc(-c2csc3ncnc(NC(C)(C)C(=O)O)c23)cc1. The molecule has 25 heavy (non-hydrogen) atoms. The number of benzene rings is 1. The van der Waals surface area contributed by atoms with Crippen molar-refractivity contribution in [2.45, 2.75) is 39.2 Å². The van der Waals surface area contributed by atoms with Crippen LogP contribution in [0.25, 0.3) is 21.3 Å². The number of hydrogen-bond donors (Lipinski definition) is 2. The Morgan fingerprint density at radius 2 is 1.88 bits per heavy atom. The van der Waals surface area contributed by atoms with Crippen molar-refractivity contribution in [3.05, 3.63) is 41.5 Å². The first-order chi connectivity index (χ1) is 11.8. The van der Waals surface area contributed by atoms with Crippen LogP contribution in [0.15, 0.2) is 36.0 Å². The highest BCUT2D eigenvalue weighted by atomic mass is 32.1. The maximum Gasteiger partial charge on any atom is 0.328 e. The van der Waals surface area contributed by atoms with E-state index >= 15 is 0 Å². The molecule has 0 fully saturated rings. The zero-order valence-corrected chi connectivity index (χ0v) is 15.5. The van der Waals surface area contributed by atoms with Crippen LogP contribution in [0.4, 0.5) is 5.82 Å². The van der Waals surface area contributed by atoms with Gasteiger partial charge in [0, 0.05) is 10.9 Å². The molecule has 5 nitrogen and oxygen atoms in total. The van der Waals surface area contributed by atoms with Crippen LogP contribution in [0.2, 0.25) is 0 Å². The third kappa shape index (κ3) is 3.35. The van der Waals surface area contributed by atoms with Gasteiger partial charge >= 0.3 is 5.97 Å². The van der Waals surface area contributed by atoms with Crippen molar-refractivity contribution in [3.63, 3.8) is 0 Å². The molecule has 0 amide bonds.